The Morgan fingerprint density at radius 3 is 2.71 bits per heavy atom. The van der Waals surface area contributed by atoms with Gasteiger partial charge in [-0.25, -0.2) is 0 Å². The van der Waals surface area contributed by atoms with Gasteiger partial charge < -0.3 is 15.2 Å². The Bertz CT molecular complexity index is 615. The summed E-state index contributed by atoms with van der Waals surface area (Å²) in [6.45, 7) is 0.704. The van der Waals surface area contributed by atoms with Crippen LogP contribution in [-0.2, 0) is 9.59 Å². The largest absolute Gasteiger partial charge is 0.356 e. The van der Waals surface area contributed by atoms with Gasteiger partial charge in [0, 0.05) is 24.9 Å². The Hall–Kier alpha value is -2.29. The fraction of sp³-hybridized carbons (Fsp3) is 0.611. The molecule has 0 spiro atoms. The molecule has 1 aliphatic carbocycles. The van der Waals surface area contributed by atoms with Crippen LogP contribution >= 0.6 is 0 Å². The van der Waals surface area contributed by atoms with Gasteiger partial charge in [0.05, 0.1) is 6.07 Å². The number of carbonyl (C=O) groups is 2. The number of hydrogen-bond acceptors (Lipinski definition) is 3. The predicted octanol–water partition coefficient (Wildman–Crippen LogP) is 1.75. The molecule has 2 N–H and O–H groups in total. The molecule has 2 heterocycles. The maximum absolute atomic E-state index is 12.7. The highest BCUT2D eigenvalue weighted by Crippen LogP contribution is 2.37. The molecule has 6 heteroatoms. The number of nitrogens with zero attached hydrogens (tertiary/aromatic N) is 2. The second-order valence-electron chi connectivity index (χ2n) is 6.88. The van der Waals surface area contributed by atoms with E-state index in [0.717, 1.165) is 19.3 Å². The summed E-state index contributed by atoms with van der Waals surface area (Å²) in [5.74, 6) is 0.293. The molecule has 0 radical (unpaired) electrons. The highest BCUT2D eigenvalue weighted by Gasteiger charge is 2.32. The van der Waals surface area contributed by atoms with Crippen LogP contribution in [-0.4, -0.2) is 29.0 Å². The molecule has 0 bridgehead atoms. The first-order valence-corrected chi connectivity index (χ1v) is 8.77. The van der Waals surface area contributed by atoms with Crippen LogP contribution in [0.2, 0.25) is 0 Å². The zero-order valence-corrected chi connectivity index (χ0v) is 13.8. The summed E-state index contributed by atoms with van der Waals surface area (Å²) in [6, 6.07) is 5.06. The van der Waals surface area contributed by atoms with Gasteiger partial charge in [0.2, 0.25) is 11.8 Å². The summed E-state index contributed by atoms with van der Waals surface area (Å²) < 4.78 is 1.91. The highest BCUT2D eigenvalue weighted by molar-refractivity contribution is 5.82. The summed E-state index contributed by atoms with van der Waals surface area (Å²) in [5, 5.41) is 15.1. The van der Waals surface area contributed by atoms with Crippen LogP contribution in [0.1, 0.15) is 44.6 Å². The fourth-order valence-electron chi connectivity index (χ4n) is 3.35. The second kappa shape index (κ2) is 7.52. The van der Waals surface area contributed by atoms with E-state index in [9.17, 15) is 14.9 Å². The van der Waals surface area contributed by atoms with E-state index in [4.69, 9.17) is 0 Å². The van der Waals surface area contributed by atoms with Crippen LogP contribution in [0.3, 0.4) is 0 Å². The Balaban J connectivity index is 1.61. The number of nitriles is 1. The number of piperidine rings is 1. The molecule has 2 fully saturated rings. The van der Waals surface area contributed by atoms with E-state index in [1.54, 1.807) is 0 Å². The first kappa shape index (κ1) is 16.6. The van der Waals surface area contributed by atoms with Crippen LogP contribution in [0.4, 0.5) is 0 Å². The molecule has 128 valence electrons. The monoisotopic (exact) mass is 328 g/mol. The molecule has 6 nitrogen and oxygen atoms in total. The lowest BCUT2D eigenvalue weighted by Gasteiger charge is -2.25. The minimum Gasteiger partial charge on any atom is -0.356 e. The van der Waals surface area contributed by atoms with E-state index >= 15 is 0 Å². The molecule has 2 unspecified atom stereocenters. The van der Waals surface area contributed by atoms with Gasteiger partial charge in [-0.05, 0) is 43.7 Å². The van der Waals surface area contributed by atoms with Gasteiger partial charge in [-0.1, -0.05) is 12.8 Å². The molecule has 2 aliphatic rings. The average Bonchev–Trinajstić information content (AvgIpc) is 3.25. The van der Waals surface area contributed by atoms with Crippen molar-refractivity contribution in [1.29, 1.82) is 5.26 Å². The van der Waals surface area contributed by atoms with Crippen LogP contribution in [0, 0.1) is 23.2 Å². The summed E-state index contributed by atoms with van der Waals surface area (Å²) in [5.41, 5.74) is 0. The summed E-state index contributed by atoms with van der Waals surface area (Å²) in [7, 11) is 0. The first-order chi connectivity index (χ1) is 11.7. The lowest BCUT2D eigenvalue weighted by Crippen LogP contribution is -2.43. The molecule has 0 aromatic carbocycles. The fourth-order valence-corrected chi connectivity index (χ4v) is 3.35. The van der Waals surface area contributed by atoms with Crippen molar-refractivity contribution in [2.45, 2.75) is 50.6 Å². The molecule has 3 rings (SSSR count). The smallest absolute Gasteiger partial charge is 0.244 e. The lowest BCUT2D eigenvalue weighted by molar-refractivity contribution is -0.128. The Kier molecular flexibility index (Phi) is 5.19. The van der Waals surface area contributed by atoms with Gasteiger partial charge in [-0.2, -0.15) is 5.26 Å². The van der Waals surface area contributed by atoms with Crippen molar-refractivity contribution < 1.29 is 9.59 Å². The Morgan fingerprint density at radius 2 is 2.08 bits per heavy atom. The number of rotatable bonds is 7. The standard InChI is InChI=1S/C18H24N4O2/c19-12-15(11-14-4-3-7-20-17(14)23)21-18(24)16(10-13-5-6-13)22-8-1-2-9-22/h1-2,8-9,13-16H,3-7,10-11H2,(H,20,23)(H,21,24)/t14?,15-,16?/m0/s1. The van der Waals surface area contributed by atoms with Crippen molar-refractivity contribution in [1.82, 2.24) is 15.2 Å². The first-order valence-electron chi connectivity index (χ1n) is 8.77. The van der Waals surface area contributed by atoms with Gasteiger partial charge in [0.1, 0.15) is 12.1 Å². The number of carbonyl (C=O) groups excluding carboxylic acids is 2. The van der Waals surface area contributed by atoms with Crippen LogP contribution in [0.5, 0.6) is 0 Å². The topological polar surface area (TPSA) is 86.9 Å². The minimum atomic E-state index is -0.622. The number of aromatic nitrogens is 1. The SMILES string of the molecule is N#C[C@H](CC1CCCNC1=O)NC(=O)C(CC1CC1)n1cccc1. The summed E-state index contributed by atoms with van der Waals surface area (Å²) >= 11 is 0. The highest BCUT2D eigenvalue weighted by atomic mass is 16.2. The van der Waals surface area contributed by atoms with Crippen molar-refractivity contribution in [2.24, 2.45) is 11.8 Å². The molecule has 1 aromatic heterocycles. The average molecular weight is 328 g/mol. The molecule has 2 amide bonds. The normalized spacial score (nSPS) is 23.0. The zero-order valence-electron chi connectivity index (χ0n) is 13.8. The van der Waals surface area contributed by atoms with E-state index in [0.29, 0.717) is 18.9 Å². The Morgan fingerprint density at radius 1 is 1.33 bits per heavy atom. The van der Waals surface area contributed by atoms with Crippen molar-refractivity contribution in [3.8, 4) is 6.07 Å². The van der Waals surface area contributed by atoms with Gasteiger partial charge in [-0.3, -0.25) is 9.59 Å². The number of amides is 2. The van der Waals surface area contributed by atoms with Gasteiger partial charge in [0.25, 0.3) is 0 Å². The van der Waals surface area contributed by atoms with Gasteiger partial charge >= 0.3 is 0 Å². The van der Waals surface area contributed by atoms with Gasteiger partial charge in [0.15, 0.2) is 0 Å². The van der Waals surface area contributed by atoms with Crippen LogP contribution in [0.15, 0.2) is 24.5 Å². The van der Waals surface area contributed by atoms with Crippen molar-refractivity contribution >= 4 is 11.8 Å². The number of hydrogen-bond donors (Lipinski definition) is 2. The molecular weight excluding hydrogens is 304 g/mol. The maximum atomic E-state index is 12.7. The van der Waals surface area contributed by atoms with Crippen molar-refractivity contribution in [2.75, 3.05) is 6.54 Å². The number of nitrogens with one attached hydrogen (secondary N) is 2. The quantitative estimate of drug-likeness (QED) is 0.799. The van der Waals surface area contributed by atoms with Gasteiger partial charge in [-0.15, -0.1) is 0 Å². The molecule has 1 aliphatic heterocycles. The van der Waals surface area contributed by atoms with E-state index in [2.05, 4.69) is 16.7 Å². The van der Waals surface area contributed by atoms with Crippen molar-refractivity contribution in [3.05, 3.63) is 24.5 Å². The van der Waals surface area contributed by atoms with E-state index in [1.807, 2.05) is 29.1 Å². The third-order valence-electron chi connectivity index (χ3n) is 4.94. The zero-order chi connectivity index (χ0) is 16.9. The summed E-state index contributed by atoms with van der Waals surface area (Å²) in [4.78, 5) is 24.6. The maximum Gasteiger partial charge on any atom is 0.244 e. The van der Waals surface area contributed by atoms with E-state index in [1.165, 1.54) is 12.8 Å². The Labute approximate surface area is 142 Å². The molecule has 1 aromatic rings. The predicted molar refractivity (Wildman–Crippen MR) is 88.7 cm³/mol. The lowest BCUT2D eigenvalue weighted by atomic mass is 9.92. The molecule has 1 saturated heterocycles. The molecular formula is C18H24N4O2. The third-order valence-corrected chi connectivity index (χ3v) is 4.94. The van der Waals surface area contributed by atoms with E-state index in [-0.39, 0.29) is 23.8 Å². The second-order valence-corrected chi connectivity index (χ2v) is 6.88. The molecule has 24 heavy (non-hydrogen) atoms. The van der Waals surface area contributed by atoms with Crippen LogP contribution in [0.25, 0.3) is 0 Å². The summed E-state index contributed by atoms with van der Waals surface area (Å²) in [6.07, 6.45) is 9.03. The van der Waals surface area contributed by atoms with E-state index < -0.39 is 6.04 Å². The van der Waals surface area contributed by atoms with Crippen molar-refractivity contribution in [3.63, 3.8) is 0 Å². The third kappa shape index (κ3) is 4.16. The molecule has 1 saturated carbocycles. The van der Waals surface area contributed by atoms with Crippen LogP contribution < -0.4 is 10.6 Å². The molecule has 3 atom stereocenters. The minimum absolute atomic E-state index is 0.00399.